The Hall–Kier alpha value is -1.93. The minimum atomic E-state index is -4.39. The van der Waals surface area contributed by atoms with Crippen molar-refractivity contribution in [3.63, 3.8) is 0 Å². The number of aromatic nitrogens is 1. The summed E-state index contributed by atoms with van der Waals surface area (Å²) in [6, 6.07) is 5.02. The lowest BCUT2D eigenvalue weighted by Gasteiger charge is -2.15. The molecule has 134 valence electrons. The van der Waals surface area contributed by atoms with E-state index in [4.69, 9.17) is 5.73 Å². The summed E-state index contributed by atoms with van der Waals surface area (Å²) in [6.45, 7) is 0.406. The van der Waals surface area contributed by atoms with E-state index in [2.05, 4.69) is 10.3 Å². The summed E-state index contributed by atoms with van der Waals surface area (Å²) in [5.74, 6) is 0.299. The fraction of sp³-hybridized carbons (Fsp3) is 0.412. The molecule has 1 aliphatic rings. The maximum Gasteiger partial charge on any atom is 0.416 e. The maximum atomic E-state index is 12.8. The molecular formula is C17H18F3N3OS. The summed E-state index contributed by atoms with van der Waals surface area (Å²) in [4.78, 5) is 16.4. The van der Waals surface area contributed by atoms with Crippen LogP contribution in [-0.4, -0.2) is 23.5 Å². The molecule has 0 spiro atoms. The summed E-state index contributed by atoms with van der Waals surface area (Å²) in [5, 5.41) is 5.07. The number of hydrogen-bond donors (Lipinski definition) is 2. The van der Waals surface area contributed by atoms with Gasteiger partial charge >= 0.3 is 6.18 Å². The van der Waals surface area contributed by atoms with E-state index in [1.165, 1.54) is 17.4 Å². The first-order valence-electron chi connectivity index (χ1n) is 7.98. The molecule has 1 amide bonds. The number of rotatable bonds is 6. The first kappa shape index (κ1) is 17.9. The predicted molar refractivity (Wildman–Crippen MR) is 90.0 cm³/mol. The third kappa shape index (κ3) is 4.58. The molecule has 0 aliphatic heterocycles. The highest BCUT2D eigenvalue weighted by Gasteiger charge is 2.32. The van der Waals surface area contributed by atoms with Gasteiger partial charge in [0.25, 0.3) is 0 Å². The molecule has 1 heterocycles. The molecule has 1 saturated carbocycles. The lowest BCUT2D eigenvalue weighted by molar-refractivity contribution is -0.137. The van der Waals surface area contributed by atoms with Gasteiger partial charge in [0.1, 0.15) is 5.01 Å². The number of carbonyl (C=O) groups is 1. The van der Waals surface area contributed by atoms with Gasteiger partial charge in [0.15, 0.2) is 0 Å². The Labute approximate surface area is 147 Å². The largest absolute Gasteiger partial charge is 0.416 e. The van der Waals surface area contributed by atoms with Crippen LogP contribution in [0.15, 0.2) is 29.6 Å². The van der Waals surface area contributed by atoms with Crippen molar-refractivity contribution in [1.29, 1.82) is 0 Å². The quantitative estimate of drug-likeness (QED) is 0.822. The number of thiazole rings is 1. The van der Waals surface area contributed by atoms with E-state index in [9.17, 15) is 18.0 Å². The smallest absolute Gasteiger partial charge is 0.351 e. The second-order valence-electron chi connectivity index (χ2n) is 6.15. The minimum absolute atomic E-state index is 0.00549. The highest BCUT2D eigenvalue weighted by Crippen LogP contribution is 2.33. The number of hydrogen-bond acceptors (Lipinski definition) is 4. The Bertz CT molecular complexity index is 756. The van der Waals surface area contributed by atoms with Gasteiger partial charge in [-0.3, -0.25) is 4.79 Å². The number of nitrogens with zero attached hydrogens (tertiary/aromatic N) is 1. The van der Waals surface area contributed by atoms with Crippen molar-refractivity contribution < 1.29 is 18.0 Å². The van der Waals surface area contributed by atoms with E-state index >= 15 is 0 Å². The van der Waals surface area contributed by atoms with E-state index in [0.29, 0.717) is 28.7 Å². The molecule has 1 atom stereocenters. The Morgan fingerprint density at radius 1 is 1.40 bits per heavy atom. The Balaban J connectivity index is 1.67. The Kier molecular flexibility index (Phi) is 5.10. The monoisotopic (exact) mass is 369 g/mol. The molecule has 8 heteroatoms. The standard InChI is InChI=1S/C17H18F3N3OS/c18-17(19,20)12-3-1-2-11(6-12)16-22-13(9-25-16)7-15(24)23-14(8-21)10-4-5-10/h1-3,6,9-10,14H,4-5,7-8,21H2,(H,23,24). The van der Waals surface area contributed by atoms with Gasteiger partial charge in [0.2, 0.25) is 5.91 Å². The van der Waals surface area contributed by atoms with E-state index < -0.39 is 11.7 Å². The predicted octanol–water partition coefficient (Wildman–Crippen LogP) is 3.22. The Morgan fingerprint density at radius 3 is 2.80 bits per heavy atom. The van der Waals surface area contributed by atoms with Crippen LogP contribution in [-0.2, 0) is 17.4 Å². The van der Waals surface area contributed by atoms with Crippen molar-refractivity contribution in [2.24, 2.45) is 11.7 Å². The molecule has 1 aliphatic carbocycles. The summed E-state index contributed by atoms with van der Waals surface area (Å²) >= 11 is 1.22. The van der Waals surface area contributed by atoms with E-state index in [1.807, 2.05) is 0 Å². The molecule has 1 aromatic heterocycles. The van der Waals surface area contributed by atoms with Crippen LogP contribution in [0.2, 0.25) is 0 Å². The number of alkyl halides is 3. The SMILES string of the molecule is NCC(NC(=O)Cc1csc(-c2cccc(C(F)(F)F)c2)n1)C1CC1. The summed E-state index contributed by atoms with van der Waals surface area (Å²) < 4.78 is 38.4. The first-order chi connectivity index (χ1) is 11.9. The number of carbonyl (C=O) groups excluding carboxylic acids is 1. The zero-order valence-electron chi connectivity index (χ0n) is 13.3. The third-order valence-corrected chi connectivity index (χ3v) is 5.06. The highest BCUT2D eigenvalue weighted by molar-refractivity contribution is 7.13. The van der Waals surface area contributed by atoms with E-state index in [1.54, 1.807) is 11.4 Å². The highest BCUT2D eigenvalue weighted by atomic mass is 32.1. The van der Waals surface area contributed by atoms with Crippen LogP contribution in [0.5, 0.6) is 0 Å². The zero-order chi connectivity index (χ0) is 18.0. The average Bonchev–Trinajstić information content (AvgIpc) is 3.31. The number of benzene rings is 1. The van der Waals surface area contributed by atoms with Crippen LogP contribution >= 0.6 is 11.3 Å². The molecule has 3 rings (SSSR count). The van der Waals surface area contributed by atoms with Crippen LogP contribution in [0.25, 0.3) is 10.6 Å². The van der Waals surface area contributed by atoms with Gasteiger partial charge in [-0.15, -0.1) is 11.3 Å². The minimum Gasteiger partial charge on any atom is -0.351 e. The number of nitrogens with two attached hydrogens (primary N) is 1. The molecule has 2 aromatic rings. The van der Waals surface area contributed by atoms with Crippen LogP contribution in [0.4, 0.5) is 13.2 Å². The Morgan fingerprint density at radius 2 is 2.16 bits per heavy atom. The molecule has 0 bridgehead atoms. The van der Waals surface area contributed by atoms with E-state index in [0.717, 1.165) is 25.0 Å². The summed E-state index contributed by atoms with van der Waals surface area (Å²) in [7, 11) is 0. The van der Waals surface area contributed by atoms with Crippen molar-refractivity contribution in [2.45, 2.75) is 31.5 Å². The molecule has 1 aromatic carbocycles. The van der Waals surface area contributed by atoms with Crippen molar-refractivity contribution in [1.82, 2.24) is 10.3 Å². The summed E-state index contributed by atoms with van der Waals surface area (Å²) in [6.07, 6.45) is -2.13. The lowest BCUT2D eigenvalue weighted by Crippen LogP contribution is -2.42. The fourth-order valence-corrected chi connectivity index (χ4v) is 3.46. The molecule has 4 nitrogen and oxygen atoms in total. The first-order valence-corrected chi connectivity index (χ1v) is 8.86. The maximum absolute atomic E-state index is 12.8. The van der Waals surface area contributed by atoms with Gasteiger partial charge in [-0.1, -0.05) is 12.1 Å². The summed E-state index contributed by atoms with van der Waals surface area (Å²) in [5.41, 5.74) is 5.89. The molecule has 3 N–H and O–H groups in total. The van der Waals surface area contributed by atoms with Crippen LogP contribution in [0, 0.1) is 5.92 Å². The van der Waals surface area contributed by atoms with Crippen molar-refractivity contribution in [2.75, 3.05) is 6.54 Å². The van der Waals surface area contributed by atoms with Crippen LogP contribution < -0.4 is 11.1 Å². The van der Waals surface area contributed by atoms with Crippen molar-refractivity contribution in [3.05, 3.63) is 40.9 Å². The van der Waals surface area contributed by atoms with Gasteiger partial charge in [-0.2, -0.15) is 13.2 Å². The number of nitrogens with one attached hydrogen (secondary N) is 1. The zero-order valence-corrected chi connectivity index (χ0v) is 14.2. The van der Waals surface area contributed by atoms with Gasteiger partial charge < -0.3 is 11.1 Å². The molecule has 0 radical (unpaired) electrons. The van der Waals surface area contributed by atoms with E-state index in [-0.39, 0.29) is 18.4 Å². The van der Waals surface area contributed by atoms with Gasteiger partial charge in [-0.05, 0) is 30.9 Å². The topological polar surface area (TPSA) is 68.0 Å². The van der Waals surface area contributed by atoms with Gasteiger partial charge in [-0.25, -0.2) is 4.98 Å². The van der Waals surface area contributed by atoms with Gasteiger partial charge in [0, 0.05) is 23.5 Å². The normalized spacial score (nSPS) is 15.8. The molecule has 25 heavy (non-hydrogen) atoms. The molecule has 0 saturated heterocycles. The molecule has 1 fully saturated rings. The van der Waals surface area contributed by atoms with Crippen molar-refractivity contribution >= 4 is 17.2 Å². The fourth-order valence-electron chi connectivity index (χ4n) is 2.64. The van der Waals surface area contributed by atoms with Crippen LogP contribution in [0.1, 0.15) is 24.1 Å². The second kappa shape index (κ2) is 7.13. The number of amides is 1. The average molecular weight is 369 g/mol. The number of halogens is 3. The van der Waals surface area contributed by atoms with Crippen molar-refractivity contribution in [3.8, 4) is 10.6 Å². The molecular weight excluding hydrogens is 351 g/mol. The molecule has 1 unspecified atom stereocenters. The second-order valence-corrected chi connectivity index (χ2v) is 7.00. The third-order valence-electron chi connectivity index (χ3n) is 4.12. The van der Waals surface area contributed by atoms with Crippen LogP contribution in [0.3, 0.4) is 0 Å². The lowest BCUT2D eigenvalue weighted by atomic mass is 10.1. The van der Waals surface area contributed by atoms with Gasteiger partial charge in [0.05, 0.1) is 17.7 Å².